The Morgan fingerprint density at radius 3 is 2.67 bits per heavy atom. The van der Waals surface area contributed by atoms with Crippen molar-refractivity contribution in [3.63, 3.8) is 0 Å². The first-order chi connectivity index (χ1) is 4.30. The Morgan fingerprint density at radius 2 is 2.33 bits per heavy atom. The second kappa shape index (κ2) is 3.14. The van der Waals surface area contributed by atoms with Gasteiger partial charge in [-0.15, -0.1) is 0 Å². The topological polar surface area (TPSA) is 37.1 Å². The summed E-state index contributed by atoms with van der Waals surface area (Å²) in [4.78, 5) is 4.01. The summed E-state index contributed by atoms with van der Waals surface area (Å²) in [6.45, 7) is 4.18. The van der Waals surface area contributed by atoms with Crippen molar-refractivity contribution < 1.29 is 0 Å². The molecule has 0 radical (unpaired) electrons. The summed E-state index contributed by atoms with van der Waals surface area (Å²) < 4.78 is 8.13. The van der Waals surface area contributed by atoms with Gasteiger partial charge in [0.1, 0.15) is 33.5 Å². The molecule has 50 valence electrons. The molecule has 0 bridgehead atoms. The summed E-state index contributed by atoms with van der Waals surface area (Å²) in [6, 6.07) is 0. The Morgan fingerprint density at radius 1 is 1.56 bits per heavy atom. The van der Waals surface area contributed by atoms with Gasteiger partial charge < -0.3 is 0 Å². The molecule has 1 heterocycles. The summed E-state index contributed by atoms with van der Waals surface area (Å²) >= 11 is -0.295. The lowest BCUT2D eigenvalue weighted by atomic mass is 10.2. The molecule has 0 saturated carbocycles. The lowest BCUT2D eigenvalue weighted by Crippen LogP contribution is -2.03. The molecule has 3 nitrogen and oxygen atoms in total. The van der Waals surface area contributed by atoms with Crippen LogP contribution in [0.5, 0.6) is 0 Å². The van der Waals surface area contributed by atoms with Crippen molar-refractivity contribution in [1.82, 2.24) is 0 Å². The van der Waals surface area contributed by atoms with E-state index >= 15 is 0 Å². The first kappa shape index (κ1) is 6.98. The van der Waals surface area contributed by atoms with Crippen molar-refractivity contribution >= 4 is 33.5 Å². The van der Waals surface area contributed by atoms with Crippen LogP contribution in [-0.4, -0.2) is 12.2 Å². The maximum atomic E-state index is 4.19. The molecule has 0 atom stereocenters. The number of halogens is 1. The van der Waals surface area contributed by atoms with Crippen molar-refractivity contribution in [1.29, 1.82) is 0 Å². The molecular formula is C5H8IN3. The quantitative estimate of drug-likeness (QED) is 0.626. The van der Waals surface area contributed by atoms with Crippen molar-refractivity contribution in [2.24, 2.45) is 17.3 Å². The molecule has 0 aliphatic carbocycles. The van der Waals surface area contributed by atoms with Gasteiger partial charge in [-0.2, -0.15) is 6.35 Å². The molecule has 0 amide bonds. The lowest BCUT2D eigenvalue weighted by molar-refractivity contribution is 0.878. The minimum Gasteiger partial charge on any atom is -0.220 e. The van der Waals surface area contributed by atoms with E-state index in [2.05, 4.69) is 25.2 Å². The Kier molecular flexibility index (Phi) is 2.44. The summed E-state index contributed by atoms with van der Waals surface area (Å²) in [6.07, 6.45) is 1.62. The predicted octanol–water partition coefficient (Wildman–Crippen LogP) is 2.15. The molecular weight excluding hydrogens is 229 g/mol. The number of nitrogens with zero attached hydrogens (tertiary/aromatic N) is 3. The fraction of sp³-hybridized carbons (Fsp3) is 0.600. The van der Waals surface area contributed by atoms with E-state index in [4.69, 9.17) is 0 Å². The number of hydrogen-bond acceptors (Lipinski definition) is 3. The van der Waals surface area contributed by atoms with Crippen LogP contribution in [-0.2, 0) is 0 Å². The van der Waals surface area contributed by atoms with Crippen LogP contribution in [0.1, 0.15) is 13.8 Å². The Balaban J connectivity index is 2.72. The van der Waals surface area contributed by atoms with Crippen LogP contribution in [0.2, 0.25) is 0 Å². The SMILES string of the molecule is CC(C)C1=NI=NC=N1. The van der Waals surface area contributed by atoms with E-state index in [1.807, 2.05) is 0 Å². The molecule has 1 aliphatic rings. The molecule has 9 heavy (non-hydrogen) atoms. The molecule has 0 fully saturated rings. The highest BCUT2D eigenvalue weighted by atomic mass is 127. The van der Waals surface area contributed by atoms with Crippen LogP contribution < -0.4 is 0 Å². The number of amidine groups is 1. The third-order valence-corrected chi connectivity index (χ3v) is 2.13. The van der Waals surface area contributed by atoms with E-state index in [9.17, 15) is 0 Å². The highest BCUT2D eigenvalue weighted by Crippen LogP contribution is 2.11. The van der Waals surface area contributed by atoms with Crippen molar-refractivity contribution in [2.75, 3.05) is 0 Å². The van der Waals surface area contributed by atoms with Gasteiger partial charge in [-0.1, -0.05) is 13.8 Å². The molecule has 0 unspecified atom stereocenters. The van der Waals surface area contributed by atoms with Crippen molar-refractivity contribution in [2.45, 2.75) is 13.8 Å². The van der Waals surface area contributed by atoms with Crippen LogP contribution in [0.4, 0.5) is 0 Å². The monoisotopic (exact) mass is 237 g/mol. The smallest absolute Gasteiger partial charge is 0.146 e. The number of aliphatic imine (C=N–C) groups is 1. The zero-order valence-corrected chi connectivity index (χ0v) is 7.53. The maximum Gasteiger partial charge on any atom is 0.146 e. The van der Waals surface area contributed by atoms with Gasteiger partial charge in [-0.05, 0) is 0 Å². The molecule has 0 aromatic carbocycles. The Labute approximate surface area is 64.8 Å². The van der Waals surface area contributed by atoms with Gasteiger partial charge in [0, 0.05) is 5.92 Å². The Hall–Kier alpha value is -0.130. The van der Waals surface area contributed by atoms with Crippen molar-refractivity contribution in [3.8, 4) is 0 Å². The van der Waals surface area contributed by atoms with E-state index in [1.54, 1.807) is 6.34 Å². The second-order valence-corrected chi connectivity index (χ2v) is 3.49. The molecule has 1 aliphatic heterocycles. The van der Waals surface area contributed by atoms with Gasteiger partial charge in [0.15, 0.2) is 0 Å². The highest BCUT2D eigenvalue weighted by molar-refractivity contribution is 14.1. The van der Waals surface area contributed by atoms with Gasteiger partial charge in [-0.25, -0.2) is 4.99 Å². The number of hydrogen-bond donors (Lipinski definition) is 0. The first-order valence-corrected chi connectivity index (χ1v) is 4.67. The summed E-state index contributed by atoms with van der Waals surface area (Å²) in [7, 11) is 0. The van der Waals surface area contributed by atoms with Gasteiger partial charge in [0.25, 0.3) is 0 Å². The van der Waals surface area contributed by atoms with Crippen molar-refractivity contribution in [3.05, 3.63) is 0 Å². The lowest BCUT2D eigenvalue weighted by Gasteiger charge is -2.01. The Bertz CT molecular complexity index is 181. The van der Waals surface area contributed by atoms with E-state index in [0.29, 0.717) is 5.92 Å². The van der Waals surface area contributed by atoms with Crippen LogP contribution in [0, 0.1) is 5.92 Å². The van der Waals surface area contributed by atoms with Gasteiger partial charge in [0.05, 0.1) is 0 Å². The van der Waals surface area contributed by atoms with Crippen LogP contribution in [0.3, 0.4) is 0 Å². The highest BCUT2D eigenvalue weighted by Gasteiger charge is 2.02. The third-order valence-electron chi connectivity index (χ3n) is 0.918. The second-order valence-electron chi connectivity index (χ2n) is 2.02. The molecule has 0 aromatic heterocycles. The van der Waals surface area contributed by atoms with Gasteiger partial charge in [-0.3, -0.25) is 0 Å². The van der Waals surface area contributed by atoms with E-state index in [1.165, 1.54) is 0 Å². The molecule has 0 aromatic rings. The maximum absolute atomic E-state index is 4.19. The fourth-order valence-corrected chi connectivity index (χ4v) is 1.69. The minimum atomic E-state index is -0.295. The zero-order valence-electron chi connectivity index (χ0n) is 5.37. The molecule has 4 heteroatoms. The van der Waals surface area contributed by atoms with E-state index < -0.39 is 0 Å². The molecule has 0 spiro atoms. The summed E-state index contributed by atoms with van der Waals surface area (Å²) in [5, 5.41) is 0. The van der Waals surface area contributed by atoms with Gasteiger partial charge >= 0.3 is 0 Å². The minimum absolute atomic E-state index is 0.295. The molecule has 0 N–H and O–H groups in total. The summed E-state index contributed by atoms with van der Waals surface area (Å²) in [5.41, 5.74) is 0. The average Bonchev–Trinajstić information content (AvgIpc) is 1.90. The van der Waals surface area contributed by atoms with Crippen LogP contribution in [0.15, 0.2) is 11.3 Å². The fourth-order valence-electron chi connectivity index (χ4n) is 0.430. The largest absolute Gasteiger partial charge is 0.220 e. The van der Waals surface area contributed by atoms with E-state index in [-0.39, 0.29) is 21.3 Å². The van der Waals surface area contributed by atoms with Crippen LogP contribution >= 0.6 is 21.3 Å². The molecule has 1 rings (SSSR count). The first-order valence-electron chi connectivity index (χ1n) is 2.75. The van der Waals surface area contributed by atoms with E-state index in [0.717, 1.165) is 5.84 Å². The summed E-state index contributed by atoms with van der Waals surface area (Å²) in [5.74, 6) is 1.41. The third kappa shape index (κ3) is 1.92. The predicted molar refractivity (Wildman–Crippen MR) is 47.2 cm³/mol. The normalized spacial score (nSPS) is 17.4. The standard InChI is InChI=1S/C5H8IN3/c1-4(2)5-7-3-8-6-9-5/h3-4H,1-2H3. The average molecular weight is 237 g/mol. The molecule has 0 saturated heterocycles. The van der Waals surface area contributed by atoms with Crippen LogP contribution in [0.25, 0.3) is 0 Å². The zero-order chi connectivity index (χ0) is 6.69. The van der Waals surface area contributed by atoms with Gasteiger partial charge in [0.2, 0.25) is 0 Å². The number of rotatable bonds is 1.